The number of hydrogen-bond donors (Lipinski definition) is 1. The highest BCUT2D eigenvalue weighted by Gasteiger charge is 2.33. The standard InChI is InChI=1S/C12H16FNO/c1-14-12(8-6-7-8)9-4-3-5-10(15-2)11(9)13/h3-5,8,12,14H,6-7H2,1-2H3. The Morgan fingerprint density at radius 2 is 2.20 bits per heavy atom. The van der Waals surface area contributed by atoms with Gasteiger partial charge >= 0.3 is 0 Å². The Labute approximate surface area is 89.4 Å². The van der Waals surface area contributed by atoms with E-state index in [2.05, 4.69) is 5.32 Å². The zero-order chi connectivity index (χ0) is 10.8. The van der Waals surface area contributed by atoms with Crippen LogP contribution in [0.3, 0.4) is 0 Å². The van der Waals surface area contributed by atoms with Crippen molar-refractivity contribution in [1.82, 2.24) is 5.32 Å². The van der Waals surface area contributed by atoms with Gasteiger partial charge in [0, 0.05) is 11.6 Å². The number of halogens is 1. The van der Waals surface area contributed by atoms with Gasteiger partial charge in [-0.3, -0.25) is 0 Å². The second-order valence-corrected chi connectivity index (χ2v) is 3.97. The summed E-state index contributed by atoms with van der Waals surface area (Å²) < 4.78 is 18.9. The highest BCUT2D eigenvalue weighted by Crippen LogP contribution is 2.42. The summed E-state index contributed by atoms with van der Waals surface area (Å²) in [5, 5.41) is 3.18. The lowest BCUT2D eigenvalue weighted by atomic mass is 10.0. The normalized spacial score (nSPS) is 17.5. The van der Waals surface area contributed by atoms with E-state index in [4.69, 9.17) is 4.74 Å². The fourth-order valence-corrected chi connectivity index (χ4v) is 2.00. The molecule has 0 heterocycles. The highest BCUT2D eigenvalue weighted by molar-refractivity contribution is 5.33. The molecule has 1 fully saturated rings. The molecule has 3 heteroatoms. The predicted molar refractivity (Wildman–Crippen MR) is 57.5 cm³/mol. The fourth-order valence-electron chi connectivity index (χ4n) is 2.00. The van der Waals surface area contributed by atoms with Crippen LogP contribution < -0.4 is 10.1 Å². The number of ether oxygens (including phenoxy) is 1. The molecule has 1 aromatic rings. The van der Waals surface area contributed by atoms with Crippen LogP contribution in [0.4, 0.5) is 4.39 Å². The molecule has 15 heavy (non-hydrogen) atoms. The summed E-state index contributed by atoms with van der Waals surface area (Å²) in [7, 11) is 3.37. The number of methoxy groups -OCH3 is 1. The minimum absolute atomic E-state index is 0.125. The van der Waals surface area contributed by atoms with E-state index < -0.39 is 0 Å². The minimum Gasteiger partial charge on any atom is -0.494 e. The average Bonchev–Trinajstić information content (AvgIpc) is 3.06. The van der Waals surface area contributed by atoms with Crippen molar-refractivity contribution < 1.29 is 9.13 Å². The Hall–Kier alpha value is -1.09. The number of benzene rings is 1. The molecule has 1 atom stereocenters. The van der Waals surface area contributed by atoms with Crippen molar-refractivity contribution in [2.45, 2.75) is 18.9 Å². The van der Waals surface area contributed by atoms with E-state index in [9.17, 15) is 4.39 Å². The molecule has 0 aliphatic heterocycles. The van der Waals surface area contributed by atoms with E-state index in [1.807, 2.05) is 19.2 Å². The number of nitrogens with one attached hydrogen (secondary N) is 1. The van der Waals surface area contributed by atoms with Gasteiger partial charge in [0.05, 0.1) is 7.11 Å². The van der Waals surface area contributed by atoms with Gasteiger partial charge in [-0.2, -0.15) is 0 Å². The zero-order valence-electron chi connectivity index (χ0n) is 9.09. The van der Waals surface area contributed by atoms with Gasteiger partial charge in [-0.05, 0) is 31.9 Å². The summed E-state index contributed by atoms with van der Waals surface area (Å²) in [6.45, 7) is 0. The molecular weight excluding hydrogens is 193 g/mol. The Bertz CT molecular complexity index is 349. The summed E-state index contributed by atoms with van der Waals surface area (Å²) >= 11 is 0. The average molecular weight is 209 g/mol. The van der Waals surface area contributed by atoms with Crippen LogP contribution in [-0.2, 0) is 0 Å². The molecule has 0 bridgehead atoms. The molecule has 0 radical (unpaired) electrons. The summed E-state index contributed by atoms with van der Waals surface area (Å²) in [6.07, 6.45) is 2.37. The van der Waals surface area contributed by atoms with Crippen molar-refractivity contribution in [1.29, 1.82) is 0 Å². The molecule has 0 amide bonds. The zero-order valence-corrected chi connectivity index (χ0v) is 9.09. The first-order chi connectivity index (χ1) is 7.27. The van der Waals surface area contributed by atoms with Gasteiger partial charge in [-0.25, -0.2) is 4.39 Å². The number of rotatable bonds is 4. The van der Waals surface area contributed by atoms with Crippen molar-refractivity contribution >= 4 is 0 Å². The van der Waals surface area contributed by atoms with Crippen LogP contribution in [0, 0.1) is 11.7 Å². The van der Waals surface area contributed by atoms with Crippen molar-refractivity contribution in [2.24, 2.45) is 5.92 Å². The van der Waals surface area contributed by atoms with E-state index in [1.54, 1.807) is 6.07 Å². The first-order valence-electron chi connectivity index (χ1n) is 5.27. The van der Waals surface area contributed by atoms with Gasteiger partial charge < -0.3 is 10.1 Å². The van der Waals surface area contributed by atoms with Crippen molar-refractivity contribution in [3.8, 4) is 5.75 Å². The second-order valence-electron chi connectivity index (χ2n) is 3.97. The molecule has 0 spiro atoms. The Balaban J connectivity index is 2.33. The second kappa shape index (κ2) is 4.19. The van der Waals surface area contributed by atoms with Crippen LogP contribution in [-0.4, -0.2) is 14.2 Å². The Morgan fingerprint density at radius 1 is 1.47 bits per heavy atom. The van der Waals surface area contributed by atoms with Gasteiger partial charge in [-0.15, -0.1) is 0 Å². The van der Waals surface area contributed by atoms with Crippen LogP contribution in [0.5, 0.6) is 5.75 Å². The van der Waals surface area contributed by atoms with Crippen molar-refractivity contribution in [2.75, 3.05) is 14.2 Å². The molecule has 2 nitrogen and oxygen atoms in total. The summed E-state index contributed by atoms with van der Waals surface area (Å²) in [5.41, 5.74) is 0.722. The monoisotopic (exact) mass is 209 g/mol. The van der Waals surface area contributed by atoms with E-state index in [0.717, 1.165) is 5.56 Å². The topological polar surface area (TPSA) is 21.3 Å². The predicted octanol–water partition coefficient (Wildman–Crippen LogP) is 2.50. The van der Waals surface area contributed by atoms with Crippen LogP contribution in [0.2, 0.25) is 0 Å². The van der Waals surface area contributed by atoms with E-state index in [-0.39, 0.29) is 11.9 Å². The minimum atomic E-state index is -0.230. The molecule has 1 N–H and O–H groups in total. The summed E-state index contributed by atoms with van der Waals surface area (Å²) in [5.74, 6) is 0.677. The van der Waals surface area contributed by atoms with E-state index in [1.165, 1.54) is 20.0 Å². The molecule has 1 saturated carbocycles. The SMILES string of the molecule is CNC(c1cccc(OC)c1F)C1CC1. The molecule has 1 aliphatic rings. The van der Waals surface area contributed by atoms with E-state index >= 15 is 0 Å². The van der Waals surface area contributed by atoms with Gasteiger partial charge in [0.15, 0.2) is 11.6 Å². The lowest BCUT2D eigenvalue weighted by Gasteiger charge is -2.17. The molecule has 1 unspecified atom stereocenters. The molecule has 82 valence electrons. The van der Waals surface area contributed by atoms with Gasteiger partial charge in [0.2, 0.25) is 0 Å². The molecule has 1 aliphatic carbocycles. The first-order valence-corrected chi connectivity index (χ1v) is 5.27. The van der Waals surface area contributed by atoms with Gasteiger partial charge in [-0.1, -0.05) is 12.1 Å². The maximum absolute atomic E-state index is 13.9. The molecule has 1 aromatic carbocycles. The van der Waals surface area contributed by atoms with E-state index in [0.29, 0.717) is 11.7 Å². The summed E-state index contributed by atoms with van der Waals surface area (Å²) in [6, 6.07) is 5.44. The third-order valence-corrected chi connectivity index (χ3v) is 2.95. The van der Waals surface area contributed by atoms with Crippen LogP contribution in [0.1, 0.15) is 24.4 Å². The van der Waals surface area contributed by atoms with Gasteiger partial charge in [0.25, 0.3) is 0 Å². The maximum atomic E-state index is 13.9. The fraction of sp³-hybridized carbons (Fsp3) is 0.500. The van der Waals surface area contributed by atoms with Crippen LogP contribution >= 0.6 is 0 Å². The molecular formula is C12H16FNO. The third-order valence-electron chi connectivity index (χ3n) is 2.95. The lowest BCUT2D eigenvalue weighted by molar-refractivity contribution is 0.378. The van der Waals surface area contributed by atoms with Crippen LogP contribution in [0.25, 0.3) is 0 Å². The van der Waals surface area contributed by atoms with Crippen LogP contribution in [0.15, 0.2) is 18.2 Å². The number of hydrogen-bond acceptors (Lipinski definition) is 2. The largest absolute Gasteiger partial charge is 0.494 e. The van der Waals surface area contributed by atoms with Gasteiger partial charge in [0.1, 0.15) is 0 Å². The Morgan fingerprint density at radius 3 is 2.73 bits per heavy atom. The van der Waals surface area contributed by atoms with Crippen molar-refractivity contribution in [3.05, 3.63) is 29.6 Å². The Kier molecular flexibility index (Phi) is 2.91. The van der Waals surface area contributed by atoms with Crippen molar-refractivity contribution in [3.63, 3.8) is 0 Å². The lowest BCUT2D eigenvalue weighted by Crippen LogP contribution is -2.19. The highest BCUT2D eigenvalue weighted by atomic mass is 19.1. The smallest absolute Gasteiger partial charge is 0.169 e. The first kappa shape index (κ1) is 10.4. The molecule has 2 rings (SSSR count). The third kappa shape index (κ3) is 1.97. The maximum Gasteiger partial charge on any atom is 0.169 e. The molecule has 0 saturated heterocycles. The molecule has 0 aromatic heterocycles. The summed E-state index contributed by atoms with van der Waals surface area (Å²) in [4.78, 5) is 0. The quantitative estimate of drug-likeness (QED) is 0.822.